The highest BCUT2D eigenvalue weighted by Gasteiger charge is 2.22. The second-order valence-electron chi connectivity index (χ2n) is 4.15. The highest BCUT2D eigenvalue weighted by Crippen LogP contribution is 2.28. The average molecular weight is 285 g/mol. The van der Waals surface area contributed by atoms with Crippen molar-refractivity contribution in [3.63, 3.8) is 0 Å². The molecule has 0 aliphatic rings. The van der Waals surface area contributed by atoms with Gasteiger partial charge in [-0.15, -0.1) is 0 Å². The van der Waals surface area contributed by atoms with Crippen LogP contribution in [0.5, 0.6) is 0 Å². The molecule has 1 atom stereocenters. The lowest BCUT2D eigenvalue weighted by atomic mass is 10.2. The summed E-state index contributed by atoms with van der Waals surface area (Å²) in [6, 6.07) is 0. The quantitative estimate of drug-likeness (QED) is 0.558. The van der Waals surface area contributed by atoms with Gasteiger partial charge < -0.3 is 10.6 Å². The lowest BCUT2D eigenvalue weighted by Gasteiger charge is -2.12. The fraction of sp³-hybridized carbons (Fsp3) is 0.636. The highest BCUT2D eigenvalue weighted by molar-refractivity contribution is 7.98. The summed E-state index contributed by atoms with van der Waals surface area (Å²) >= 11 is 1.75. The smallest absolute Gasteiger partial charge is 0.353 e. The third kappa shape index (κ3) is 4.55. The predicted octanol–water partition coefficient (Wildman–Crippen LogP) is 2.23. The zero-order valence-electron chi connectivity index (χ0n) is 11.3. The number of hydrogen-bond donors (Lipinski definition) is 2. The molecule has 0 fully saturated rings. The first-order chi connectivity index (χ1) is 9.10. The number of nitrogens with zero attached hydrogens (tertiary/aromatic N) is 3. The number of nitro groups is 1. The first-order valence-electron chi connectivity index (χ1n) is 6.06. The van der Waals surface area contributed by atoms with E-state index in [0.717, 1.165) is 5.75 Å². The van der Waals surface area contributed by atoms with E-state index in [2.05, 4.69) is 27.5 Å². The van der Waals surface area contributed by atoms with Crippen molar-refractivity contribution in [2.24, 2.45) is 5.92 Å². The Balaban J connectivity index is 2.87. The number of aromatic nitrogens is 2. The minimum atomic E-state index is -0.459. The molecule has 2 N–H and O–H groups in total. The summed E-state index contributed by atoms with van der Waals surface area (Å²) in [7, 11) is 0. The summed E-state index contributed by atoms with van der Waals surface area (Å²) in [5.74, 6) is 1.92. The normalized spacial score (nSPS) is 11.9. The topological polar surface area (TPSA) is 93.0 Å². The van der Waals surface area contributed by atoms with E-state index in [4.69, 9.17) is 0 Å². The van der Waals surface area contributed by atoms with Gasteiger partial charge in [-0.05, 0) is 24.9 Å². The van der Waals surface area contributed by atoms with E-state index in [-0.39, 0.29) is 17.3 Å². The van der Waals surface area contributed by atoms with Crippen LogP contribution in [-0.2, 0) is 0 Å². The van der Waals surface area contributed by atoms with Crippen LogP contribution in [0.15, 0.2) is 6.33 Å². The average Bonchev–Trinajstić information content (AvgIpc) is 2.37. The van der Waals surface area contributed by atoms with Gasteiger partial charge in [-0.25, -0.2) is 9.97 Å². The van der Waals surface area contributed by atoms with E-state index in [1.807, 2.05) is 13.2 Å². The number of anilines is 2. The van der Waals surface area contributed by atoms with Crippen LogP contribution in [0.25, 0.3) is 0 Å². The predicted molar refractivity (Wildman–Crippen MR) is 78.9 cm³/mol. The third-order valence-corrected chi connectivity index (χ3v) is 3.32. The molecule has 0 bridgehead atoms. The van der Waals surface area contributed by atoms with Crippen LogP contribution in [0, 0.1) is 16.0 Å². The molecule has 0 aliphatic heterocycles. The Bertz CT molecular complexity index is 430. The van der Waals surface area contributed by atoms with Gasteiger partial charge in [0, 0.05) is 13.1 Å². The summed E-state index contributed by atoms with van der Waals surface area (Å²) < 4.78 is 0. The zero-order chi connectivity index (χ0) is 14.3. The van der Waals surface area contributed by atoms with Crippen LogP contribution in [0.2, 0.25) is 0 Å². The van der Waals surface area contributed by atoms with Crippen molar-refractivity contribution < 1.29 is 4.92 Å². The molecule has 1 aromatic heterocycles. The summed E-state index contributed by atoms with van der Waals surface area (Å²) in [5, 5.41) is 17.0. The molecule has 0 spiro atoms. The maximum atomic E-state index is 11.1. The lowest BCUT2D eigenvalue weighted by Crippen LogP contribution is -2.16. The molecule has 0 aliphatic carbocycles. The lowest BCUT2D eigenvalue weighted by molar-refractivity contribution is -0.383. The summed E-state index contributed by atoms with van der Waals surface area (Å²) in [5.41, 5.74) is -0.0966. The van der Waals surface area contributed by atoms with Crippen molar-refractivity contribution in [2.45, 2.75) is 13.8 Å². The maximum absolute atomic E-state index is 11.1. The summed E-state index contributed by atoms with van der Waals surface area (Å²) in [4.78, 5) is 18.5. The largest absolute Gasteiger partial charge is 0.364 e. The van der Waals surface area contributed by atoms with E-state index in [0.29, 0.717) is 19.0 Å². The van der Waals surface area contributed by atoms with Crippen molar-refractivity contribution in [1.29, 1.82) is 0 Å². The number of nitrogens with one attached hydrogen (secondary N) is 2. The molecule has 0 saturated carbocycles. The Morgan fingerprint density at radius 3 is 2.58 bits per heavy atom. The molecule has 1 aromatic rings. The van der Waals surface area contributed by atoms with Gasteiger partial charge in [0.05, 0.1) is 4.92 Å². The first kappa shape index (κ1) is 15.5. The molecule has 7 nitrogen and oxygen atoms in total. The van der Waals surface area contributed by atoms with Gasteiger partial charge in [0.2, 0.25) is 11.6 Å². The number of thioether (sulfide) groups is 1. The van der Waals surface area contributed by atoms with Crippen molar-refractivity contribution in [3.05, 3.63) is 16.4 Å². The molecular weight excluding hydrogens is 266 g/mol. The van der Waals surface area contributed by atoms with Crippen LogP contribution < -0.4 is 10.6 Å². The molecule has 0 aromatic carbocycles. The Hall–Kier alpha value is -1.57. The van der Waals surface area contributed by atoms with Gasteiger partial charge in [0.25, 0.3) is 0 Å². The molecule has 1 rings (SSSR count). The van der Waals surface area contributed by atoms with Crippen LogP contribution in [0.4, 0.5) is 17.3 Å². The van der Waals surface area contributed by atoms with Gasteiger partial charge in [-0.1, -0.05) is 6.92 Å². The van der Waals surface area contributed by atoms with Gasteiger partial charge in [-0.3, -0.25) is 10.1 Å². The fourth-order valence-electron chi connectivity index (χ4n) is 1.59. The van der Waals surface area contributed by atoms with Gasteiger partial charge in [-0.2, -0.15) is 11.8 Å². The van der Waals surface area contributed by atoms with Gasteiger partial charge in [0.15, 0.2) is 0 Å². The van der Waals surface area contributed by atoms with E-state index in [9.17, 15) is 10.1 Å². The van der Waals surface area contributed by atoms with Gasteiger partial charge >= 0.3 is 5.69 Å². The molecule has 0 amide bonds. The number of hydrogen-bond acceptors (Lipinski definition) is 7. The monoisotopic (exact) mass is 285 g/mol. The second-order valence-corrected chi connectivity index (χ2v) is 5.06. The van der Waals surface area contributed by atoms with Gasteiger partial charge in [0.1, 0.15) is 6.33 Å². The first-order valence-corrected chi connectivity index (χ1v) is 7.45. The molecular formula is C11H19N5O2S. The summed E-state index contributed by atoms with van der Waals surface area (Å²) in [6.45, 7) is 5.16. The van der Waals surface area contributed by atoms with Crippen LogP contribution in [0.3, 0.4) is 0 Å². The Morgan fingerprint density at radius 2 is 2.05 bits per heavy atom. The van der Waals surface area contributed by atoms with Crippen molar-refractivity contribution in [1.82, 2.24) is 9.97 Å². The Labute approximate surface area is 116 Å². The fourth-order valence-corrected chi connectivity index (χ4v) is 2.28. The minimum Gasteiger partial charge on any atom is -0.364 e. The maximum Gasteiger partial charge on any atom is 0.353 e. The highest BCUT2D eigenvalue weighted by atomic mass is 32.2. The molecule has 8 heteroatoms. The Kier molecular flexibility index (Phi) is 6.34. The van der Waals surface area contributed by atoms with Crippen LogP contribution >= 0.6 is 11.8 Å². The molecule has 106 valence electrons. The third-order valence-electron chi connectivity index (χ3n) is 2.42. The standard InChI is InChI=1S/C11H19N5O2S/c1-4-12-10-9(16(17)18)11(15-7-14-10)13-5-8(2)6-19-3/h7-8H,4-6H2,1-3H3,(H2,12,13,14,15). The number of rotatable bonds is 8. The van der Waals surface area contributed by atoms with Crippen molar-refractivity contribution in [3.8, 4) is 0 Å². The molecule has 1 heterocycles. The molecule has 1 unspecified atom stereocenters. The van der Waals surface area contributed by atoms with E-state index in [1.165, 1.54) is 6.33 Å². The molecule has 0 radical (unpaired) electrons. The minimum absolute atomic E-state index is 0.0966. The van der Waals surface area contributed by atoms with E-state index in [1.54, 1.807) is 11.8 Å². The van der Waals surface area contributed by atoms with Crippen LogP contribution in [-0.4, -0.2) is 40.0 Å². The SMILES string of the molecule is CCNc1ncnc(NCC(C)CSC)c1[N+](=O)[O-]. The van der Waals surface area contributed by atoms with E-state index < -0.39 is 4.92 Å². The van der Waals surface area contributed by atoms with E-state index >= 15 is 0 Å². The van der Waals surface area contributed by atoms with Crippen molar-refractivity contribution in [2.75, 3.05) is 35.7 Å². The zero-order valence-corrected chi connectivity index (χ0v) is 12.2. The summed E-state index contributed by atoms with van der Waals surface area (Å²) in [6.07, 6.45) is 3.36. The van der Waals surface area contributed by atoms with Crippen molar-refractivity contribution >= 4 is 29.1 Å². The second kappa shape index (κ2) is 7.78. The molecule has 19 heavy (non-hydrogen) atoms. The Morgan fingerprint density at radius 1 is 1.42 bits per heavy atom. The van der Waals surface area contributed by atoms with Crippen LogP contribution in [0.1, 0.15) is 13.8 Å². The molecule has 0 saturated heterocycles.